The summed E-state index contributed by atoms with van der Waals surface area (Å²) in [5.41, 5.74) is 5.40. The third-order valence-electron chi connectivity index (χ3n) is 4.50. The number of hydrogen-bond donors (Lipinski definition) is 2. The van der Waals surface area contributed by atoms with Crippen molar-refractivity contribution in [2.75, 3.05) is 12.4 Å². The van der Waals surface area contributed by atoms with Gasteiger partial charge in [0.1, 0.15) is 11.5 Å². The number of hydrogen-bond acceptors (Lipinski definition) is 6. The first-order chi connectivity index (χ1) is 15.9. The van der Waals surface area contributed by atoms with Gasteiger partial charge in [-0.1, -0.05) is 18.2 Å². The smallest absolute Gasteiger partial charge is 0.343 e. The molecule has 0 aliphatic carbocycles. The molecule has 3 aromatic carbocycles. The minimum Gasteiger partial charge on any atom is -0.497 e. The van der Waals surface area contributed by atoms with Gasteiger partial charge in [-0.25, -0.2) is 10.2 Å². The van der Waals surface area contributed by atoms with Gasteiger partial charge >= 0.3 is 17.8 Å². The number of nitrogens with one attached hydrogen (secondary N) is 2. The molecule has 0 saturated heterocycles. The van der Waals surface area contributed by atoms with Gasteiger partial charge in [-0.2, -0.15) is 5.10 Å². The molecule has 0 aliphatic heterocycles. The number of benzene rings is 3. The van der Waals surface area contributed by atoms with Crippen molar-refractivity contribution in [2.24, 2.45) is 5.10 Å². The van der Waals surface area contributed by atoms with Crippen molar-refractivity contribution in [2.45, 2.75) is 13.8 Å². The van der Waals surface area contributed by atoms with Crippen LogP contribution in [0.2, 0.25) is 0 Å². The lowest BCUT2D eigenvalue weighted by Gasteiger charge is -2.08. The van der Waals surface area contributed by atoms with Gasteiger partial charge in [0, 0.05) is 11.3 Å². The Kier molecular flexibility index (Phi) is 7.54. The number of methoxy groups -OCH3 is 1. The maximum atomic E-state index is 12.4. The van der Waals surface area contributed by atoms with Crippen LogP contribution in [0, 0.1) is 13.8 Å². The second-order valence-electron chi connectivity index (χ2n) is 7.19. The molecule has 168 valence electrons. The number of rotatable bonds is 6. The summed E-state index contributed by atoms with van der Waals surface area (Å²) in [6, 6.07) is 18.6. The van der Waals surface area contributed by atoms with Crippen LogP contribution in [-0.4, -0.2) is 31.1 Å². The lowest BCUT2D eigenvalue weighted by atomic mass is 10.1. The van der Waals surface area contributed by atoms with Crippen LogP contribution in [0.3, 0.4) is 0 Å². The molecule has 3 rings (SSSR count). The van der Waals surface area contributed by atoms with E-state index in [1.807, 2.05) is 19.9 Å². The summed E-state index contributed by atoms with van der Waals surface area (Å²) < 4.78 is 10.5. The summed E-state index contributed by atoms with van der Waals surface area (Å²) in [6.07, 6.45) is 1.29. The third-order valence-corrected chi connectivity index (χ3v) is 4.50. The van der Waals surface area contributed by atoms with Crippen LogP contribution in [0.1, 0.15) is 27.0 Å². The van der Waals surface area contributed by atoms with Crippen molar-refractivity contribution in [3.05, 3.63) is 89.0 Å². The van der Waals surface area contributed by atoms with Gasteiger partial charge in [-0.3, -0.25) is 9.59 Å². The average Bonchev–Trinajstić information content (AvgIpc) is 2.79. The summed E-state index contributed by atoms with van der Waals surface area (Å²) in [5, 5.41) is 6.34. The monoisotopic (exact) mass is 445 g/mol. The molecule has 0 aromatic heterocycles. The molecule has 0 heterocycles. The summed E-state index contributed by atoms with van der Waals surface area (Å²) >= 11 is 0. The Morgan fingerprint density at radius 2 is 1.55 bits per heavy atom. The quantitative estimate of drug-likeness (QED) is 0.198. The van der Waals surface area contributed by atoms with Gasteiger partial charge in [0.2, 0.25) is 0 Å². The molecule has 0 unspecified atom stereocenters. The molecule has 0 fully saturated rings. The highest BCUT2D eigenvalue weighted by atomic mass is 16.5. The van der Waals surface area contributed by atoms with Gasteiger partial charge in [0.05, 0.1) is 18.9 Å². The zero-order valence-corrected chi connectivity index (χ0v) is 18.4. The molecule has 8 nitrogen and oxygen atoms in total. The minimum absolute atomic E-state index is 0.246. The van der Waals surface area contributed by atoms with Crippen LogP contribution < -0.4 is 20.2 Å². The molecule has 3 aromatic rings. The first kappa shape index (κ1) is 23.2. The number of nitrogens with zero attached hydrogens (tertiary/aromatic N) is 1. The molecule has 0 bridgehead atoms. The SMILES string of the molecule is COc1ccc(C(=O)Oc2ccccc2/C=N/NC(=O)C(=O)Nc2cc(C)cc(C)c2)cc1. The first-order valence-corrected chi connectivity index (χ1v) is 10.0. The Labute approximate surface area is 191 Å². The fourth-order valence-electron chi connectivity index (χ4n) is 3.01. The maximum absolute atomic E-state index is 12.4. The number of hydrazone groups is 1. The van der Waals surface area contributed by atoms with Crippen LogP contribution >= 0.6 is 0 Å². The molecule has 0 aliphatic rings. The van der Waals surface area contributed by atoms with E-state index in [9.17, 15) is 14.4 Å². The summed E-state index contributed by atoms with van der Waals surface area (Å²) in [7, 11) is 1.54. The predicted molar refractivity (Wildman–Crippen MR) is 125 cm³/mol. The van der Waals surface area contributed by atoms with E-state index >= 15 is 0 Å². The second-order valence-corrected chi connectivity index (χ2v) is 7.19. The molecule has 0 radical (unpaired) electrons. The highest BCUT2D eigenvalue weighted by Crippen LogP contribution is 2.19. The van der Waals surface area contributed by atoms with Crippen molar-refractivity contribution >= 4 is 29.7 Å². The molecule has 2 amide bonds. The van der Waals surface area contributed by atoms with Crippen LogP contribution in [-0.2, 0) is 9.59 Å². The van der Waals surface area contributed by atoms with Gasteiger partial charge in [-0.05, 0) is 73.5 Å². The number of carbonyl (C=O) groups is 3. The lowest BCUT2D eigenvalue weighted by molar-refractivity contribution is -0.136. The first-order valence-electron chi connectivity index (χ1n) is 10.0. The van der Waals surface area contributed by atoms with Crippen LogP contribution in [0.15, 0.2) is 71.8 Å². The highest BCUT2D eigenvalue weighted by Gasteiger charge is 2.14. The van der Waals surface area contributed by atoms with E-state index in [0.29, 0.717) is 22.6 Å². The van der Waals surface area contributed by atoms with E-state index in [4.69, 9.17) is 9.47 Å². The number of para-hydroxylation sites is 1. The Hall–Kier alpha value is -4.46. The Morgan fingerprint density at radius 1 is 0.879 bits per heavy atom. The molecular weight excluding hydrogens is 422 g/mol. The number of aryl methyl sites for hydroxylation is 2. The standard InChI is InChI=1S/C25H23N3O5/c1-16-12-17(2)14-20(13-16)27-23(29)24(30)28-26-15-19-6-4-5-7-22(19)33-25(31)18-8-10-21(32-3)11-9-18/h4-15H,1-3H3,(H,27,29)(H,28,30)/b26-15+. The van der Waals surface area contributed by atoms with E-state index in [1.165, 1.54) is 13.3 Å². The van der Waals surface area contributed by atoms with Gasteiger partial charge in [0.25, 0.3) is 0 Å². The van der Waals surface area contributed by atoms with E-state index in [0.717, 1.165) is 11.1 Å². The topological polar surface area (TPSA) is 106 Å². The third kappa shape index (κ3) is 6.51. The lowest BCUT2D eigenvalue weighted by Crippen LogP contribution is -2.32. The van der Waals surface area contributed by atoms with E-state index in [2.05, 4.69) is 15.8 Å². The zero-order valence-electron chi connectivity index (χ0n) is 18.4. The summed E-state index contributed by atoms with van der Waals surface area (Å²) in [5.74, 6) is -1.47. The highest BCUT2D eigenvalue weighted by molar-refractivity contribution is 6.39. The number of esters is 1. The number of ether oxygens (including phenoxy) is 2. The van der Waals surface area contributed by atoms with Crippen molar-refractivity contribution < 1.29 is 23.9 Å². The molecule has 0 spiro atoms. The van der Waals surface area contributed by atoms with Crippen LogP contribution in [0.4, 0.5) is 5.69 Å². The van der Waals surface area contributed by atoms with Gasteiger partial charge < -0.3 is 14.8 Å². The molecule has 33 heavy (non-hydrogen) atoms. The van der Waals surface area contributed by atoms with Gasteiger partial charge in [-0.15, -0.1) is 0 Å². The van der Waals surface area contributed by atoms with Crippen LogP contribution in [0.25, 0.3) is 0 Å². The summed E-state index contributed by atoms with van der Waals surface area (Å²) in [6.45, 7) is 3.79. The van der Waals surface area contributed by atoms with Crippen molar-refractivity contribution in [1.82, 2.24) is 5.43 Å². The molecular formula is C25H23N3O5. The number of amides is 2. The largest absolute Gasteiger partial charge is 0.497 e. The number of carbonyl (C=O) groups excluding carboxylic acids is 3. The van der Waals surface area contributed by atoms with E-state index in [1.54, 1.807) is 60.7 Å². The molecule has 2 N–H and O–H groups in total. The van der Waals surface area contributed by atoms with E-state index in [-0.39, 0.29) is 5.75 Å². The Bertz CT molecular complexity index is 1180. The van der Waals surface area contributed by atoms with Crippen molar-refractivity contribution in [3.8, 4) is 11.5 Å². The predicted octanol–water partition coefficient (Wildman–Crippen LogP) is 3.62. The fourth-order valence-corrected chi connectivity index (χ4v) is 3.01. The zero-order chi connectivity index (χ0) is 23.8. The summed E-state index contributed by atoms with van der Waals surface area (Å²) in [4.78, 5) is 36.6. The van der Waals surface area contributed by atoms with Crippen molar-refractivity contribution in [1.29, 1.82) is 0 Å². The maximum Gasteiger partial charge on any atom is 0.343 e. The molecule has 0 saturated carbocycles. The van der Waals surface area contributed by atoms with E-state index < -0.39 is 17.8 Å². The second kappa shape index (κ2) is 10.7. The molecule has 8 heteroatoms. The number of anilines is 1. The Balaban J connectivity index is 1.62. The normalized spacial score (nSPS) is 10.5. The van der Waals surface area contributed by atoms with Crippen molar-refractivity contribution in [3.63, 3.8) is 0 Å². The molecule has 0 atom stereocenters. The van der Waals surface area contributed by atoms with Gasteiger partial charge in [0.15, 0.2) is 0 Å². The van der Waals surface area contributed by atoms with Crippen LogP contribution in [0.5, 0.6) is 11.5 Å². The minimum atomic E-state index is -0.932. The Morgan fingerprint density at radius 3 is 2.21 bits per heavy atom. The fraction of sp³-hybridized carbons (Fsp3) is 0.120. The average molecular weight is 445 g/mol.